The number of likely N-dealkylation sites (tertiary alicyclic amines) is 1. The van der Waals surface area contributed by atoms with E-state index in [4.69, 9.17) is 0 Å². The summed E-state index contributed by atoms with van der Waals surface area (Å²) in [6, 6.07) is 2.30. The van der Waals surface area contributed by atoms with Gasteiger partial charge in [-0.05, 0) is 52.0 Å². The van der Waals surface area contributed by atoms with Crippen LogP contribution in [0.3, 0.4) is 0 Å². The Hall–Kier alpha value is -2.11. The number of aromatic nitrogens is 4. The van der Waals surface area contributed by atoms with E-state index >= 15 is 0 Å². The summed E-state index contributed by atoms with van der Waals surface area (Å²) >= 11 is 0. The van der Waals surface area contributed by atoms with Crippen LogP contribution in [-0.2, 0) is 19.4 Å². The van der Waals surface area contributed by atoms with Crippen molar-refractivity contribution in [1.29, 1.82) is 0 Å². The van der Waals surface area contributed by atoms with Gasteiger partial charge in [0.2, 0.25) is 0 Å². The highest BCUT2D eigenvalue weighted by atomic mass is 16.2. The number of amides is 1. The highest BCUT2D eigenvalue weighted by Gasteiger charge is 2.33. The molecule has 4 rings (SSSR count). The second kappa shape index (κ2) is 5.51. The topological polar surface area (TPSA) is 66.8 Å². The lowest BCUT2D eigenvalue weighted by Crippen LogP contribution is -2.39. The number of rotatable bonds is 3. The summed E-state index contributed by atoms with van der Waals surface area (Å²) in [6.45, 7) is 5.68. The third kappa shape index (κ3) is 2.46. The van der Waals surface area contributed by atoms with E-state index in [1.807, 2.05) is 16.5 Å². The first kappa shape index (κ1) is 14.5. The Kier molecular flexibility index (Phi) is 3.47. The van der Waals surface area contributed by atoms with Gasteiger partial charge in [-0.1, -0.05) is 0 Å². The number of carbonyl (C=O) groups excluding carboxylic acids is 1. The quantitative estimate of drug-likeness (QED) is 0.942. The average molecular weight is 313 g/mol. The van der Waals surface area contributed by atoms with Crippen LogP contribution in [0.4, 0.5) is 0 Å². The number of aromatic amines is 1. The van der Waals surface area contributed by atoms with Crippen LogP contribution in [-0.4, -0.2) is 43.4 Å². The van der Waals surface area contributed by atoms with Crippen LogP contribution < -0.4 is 0 Å². The van der Waals surface area contributed by atoms with E-state index in [0.29, 0.717) is 5.69 Å². The molecule has 6 heteroatoms. The van der Waals surface area contributed by atoms with E-state index in [-0.39, 0.29) is 11.9 Å². The molecule has 0 bridgehead atoms. The molecule has 1 aliphatic heterocycles. The minimum Gasteiger partial charge on any atom is -0.332 e. The predicted octanol–water partition coefficient (Wildman–Crippen LogP) is 2.02. The van der Waals surface area contributed by atoms with Gasteiger partial charge in [0.15, 0.2) is 5.69 Å². The molecular formula is C17H23N5O. The van der Waals surface area contributed by atoms with Crippen molar-refractivity contribution >= 4 is 5.91 Å². The summed E-state index contributed by atoms with van der Waals surface area (Å²) in [4.78, 5) is 15.0. The number of nitrogens with one attached hydrogen (secondary N) is 1. The normalized spacial score (nSPS) is 20.3. The van der Waals surface area contributed by atoms with Gasteiger partial charge in [-0.2, -0.15) is 10.2 Å². The van der Waals surface area contributed by atoms with Crippen LogP contribution in [0.2, 0.25) is 0 Å². The summed E-state index contributed by atoms with van der Waals surface area (Å²) in [6.07, 6.45) is 5.21. The van der Waals surface area contributed by atoms with Crippen molar-refractivity contribution in [1.82, 2.24) is 24.9 Å². The zero-order chi connectivity index (χ0) is 16.0. The lowest BCUT2D eigenvalue weighted by atomic mass is 10.1. The van der Waals surface area contributed by atoms with Gasteiger partial charge in [-0.15, -0.1) is 0 Å². The smallest absolute Gasteiger partial charge is 0.274 e. The minimum absolute atomic E-state index is 0.0911. The van der Waals surface area contributed by atoms with Gasteiger partial charge in [0.1, 0.15) is 0 Å². The molecule has 0 unspecified atom stereocenters. The van der Waals surface area contributed by atoms with Crippen LogP contribution in [0.15, 0.2) is 6.07 Å². The molecule has 2 aromatic heterocycles. The molecule has 0 aromatic carbocycles. The maximum atomic E-state index is 13.0. The first-order chi connectivity index (χ1) is 11.1. The van der Waals surface area contributed by atoms with Crippen molar-refractivity contribution in [2.24, 2.45) is 0 Å². The van der Waals surface area contributed by atoms with Crippen molar-refractivity contribution in [2.75, 3.05) is 6.54 Å². The van der Waals surface area contributed by atoms with E-state index in [9.17, 15) is 4.79 Å². The molecule has 2 aromatic rings. The number of hydrogen-bond acceptors (Lipinski definition) is 3. The number of carbonyl (C=O) groups is 1. The van der Waals surface area contributed by atoms with E-state index < -0.39 is 0 Å². The third-order valence-electron chi connectivity index (χ3n) is 5.13. The van der Waals surface area contributed by atoms with Crippen LogP contribution in [0.5, 0.6) is 0 Å². The van der Waals surface area contributed by atoms with Gasteiger partial charge in [0, 0.05) is 23.5 Å². The standard InChI is InChI=1S/C17H23N5O/c1-11-9-12(2)22(20-11)10-13-5-4-8-21(13)17(23)16-14-6-3-7-15(14)18-19-16/h9,13H,3-8,10H2,1-2H3,(H,18,19)/t13-/m0/s1. The molecule has 6 nitrogen and oxygen atoms in total. The van der Waals surface area contributed by atoms with Gasteiger partial charge in [-0.3, -0.25) is 14.6 Å². The van der Waals surface area contributed by atoms with Crippen molar-refractivity contribution in [3.8, 4) is 0 Å². The Labute approximate surface area is 135 Å². The van der Waals surface area contributed by atoms with Crippen LogP contribution in [0, 0.1) is 13.8 Å². The monoisotopic (exact) mass is 313 g/mol. The van der Waals surface area contributed by atoms with Crippen molar-refractivity contribution in [3.05, 3.63) is 34.4 Å². The molecule has 23 heavy (non-hydrogen) atoms. The molecule has 0 radical (unpaired) electrons. The molecule has 1 N–H and O–H groups in total. The largest absolute Gasteiger partial charge is 0.332 e. The molecule has 2 aliphatic rings. The highest BCUT2D eigenvalue weighted by molar-refractivity contribution is 5.94. The van der Waals surface area contributed by atoms with E-state index in [1.54, 1.807) is 0 Å². The summed E-state index contributed by atoms with van der Waals surface area (Å²) in [5.41, 5.74) is 5.14. The zero-order valence-electron chi connectivity index (χ0n) is 13.8. The van der Waals surface area contributed by atoms with Gasteiger partial charge >= 0.3 is 0 Å². The van der Waals surface area contributed by atoms with Gasteiger partial charge < -0.3 is 4.90 Å². The van der Waals surface area contributed by atoms with Gasteiger partial charge in [-0.25, -0.2) is 0 Å². The highest BCUT2D eigenvalue weighted by Crippen LogP contribution is 2.27. The summed E-state index contributed by atoms with van der Waals surface area (Å²) in [5, 5.41) is 11.9. The molecule has 122 valence electrons. The molecule has 1 atom stereocenters. The van der Waals surface area contributed by atoms with Crippen molar-refractivity contribution in [3.63, 3.8) is 0 Å². The van der Waals surface area contributed by atoms with E-state index in [1.165, 1.54) is 0 Å². The first-order valence-corrected chi connectivity index (χ1v) is 8.51. The maximum absolute atomic E-state index is 13.0. The summed E-state index contributed by atoms with van der Waals surface area (Å²) in [5.74, 6) is 0.0911. The van der Waals surface area contributed by atoms with Crippen LogP contribution in [0.1, 0.15) is 52.4 Å². The predicted molar refractivity (Wildman–Crippen MR) is 86.4 cm³/mol. The fourth-order valence-electron chi connectivity index (χ4n) is 3.98. The average Bonchev–Trinajstić information content (AvgIpc) is 3.24. The van der Waals surface area contributed by atoms with Crippen LogP contribution in [0.25, 0.3) is 0 Å². The number of nitrogens with zero attached hydrogens (tertiary/aromatic N) is 4. The Morgan fingerprint density at radius 3 is 3.00 bits per heavy atom. The fourth-order valence-corrected chi connectivity index (χ4v) is 3.98. The Bertz CT molecular complexity index is 744. The molecule has 3 heterocycles. The molecule has 1 fully saturated rings. The summed E-state index contributed by atoms with van der Waals surface area (Å²) in [7, 11) is 0. The number of hydrogen-bond donors (Lipinski definition) is 1. The Morgan fingerprint density at radius 2 is 2.22 bits per heavy atom. The SMILES string of the molecule is Cc1cc(C)n(C[C@@H]2CCCN2C(=O)c2n[nH]c3c2CCC3)n1. The molecule has 1 saturated heterocycles. The van der Waals surface area contributed by atoms with Gasteiger partial charge in [0.05, 0.1) is 18.3 Å². The minimum atomic E-state index is 0.0911. The second-order valence-corrected chi connectivity index (χ2v) is 6.79. The molecule has 1 amide bonds. The first-order valence-electron chi connectivity index (χ1n) is 8.51. The maximum Gasteiger partial charge on any atom is 0.274 e. The van der Waals surface area contributed by atoms with Crippen molar-refractivity contribution < 1.29 is 4.79 Å². The fraction of sp³-hybridized carbons (Fsp3) is 0.588. The lowest BCUT2D eigenvalue weighted by molar-refractivity contribution is 0.0714. The van der Waals surface area contributed by atoms with E-state index in [0.717, 1.165) is 67.8 Å². The molecular weight excluding hydrogens is 290 g/mol. The van der Waals surface area contributed by atoms with Crippen LogP contribution >= 0.6 is 0 Å². The van der Waals surface area contributed by atoms with Crippen molar-refractivity contribution in [2.45, 2.75) is 58.5 Å². The van der Waals surface area contributed by atoms with E-state index in [2.05, 4.69) is 28.3 Å². The second-order valence-electron chi connectivity index (χ2n) is 6.79. The Morgan fingerprint density at radius 1 is 1.35 bits per heavy atom. The molecule has 0 saturated carbocycles. The molecule has 1 aliphatic carbocycles. The number of H-pyrrole nitrogens is 1. The zero-order valence-corrected chi connectivity index (χ0v) is 13.8. The molecule has 0 spiro atoms. The van der Waals surface area contributed by atoms with Gasteiger partial charge in [0.25, 0.3) is 5.91 Å². The number of fused-ring (bicyclic) bond motifs is 1. The number of aryl methyl sites for hydroxylation is 3. The lowest BCUT2D eigenvalue weighted by Gasteiger charge is -2.24. The summed E-state index contributed by atoms with van der Waals surface area (Å²) < 4.78 is 2.03. The third-order valence-corrected chi connectivity index (χ3v) is 5.13. The Balaban J connectivity index is 1.55.